The van der Waals surface area contributed by atoms with E-state index in [0.29, 0.717) is 11.1 Å². The van der Waals surface area contributed by atoms with Crippen LogP contribution in [0, 0.1) is 0 Å². The fourth-order valence-electron chi connectivity index (χ4n) is 2.24. The van der Waals surface area contributed by atoms with Crippen LogP contribution in [0.3, 0.4) is 0 Å². The second-order valence-corrected chi connectivity index (χ2v) is 6.39. The summed E-state index contributed by atoms with van der Waals surface area (Å²) in [5.74, 6) is 0.503. The molecule has 0 bridgehead atoms. The van der Waals surface area contributed by atoms with Gasteiger partial charge in [-0.05, 0) is 19.8 Å². The summed E-state index contributed by atoms with van der Waals surface area (Å²) in [4.78, 5) is 15.9. The SMILES string of the molecule is CC(Sc1n[nH]c(C2CCCC2)n1)C(=O)NCC(F)(F)F. The summed E-state index contributed by atoms with van der Waals surface area (Å²) < 4.78 is 36.1. The lowest BCUT2D eigenvalue weighted by molar-refractivity contribution is -0.137. The van der Waals surface area contributed by atoms with Crippen LogP contribution in [-0.4, -0.2) is 39.1 Å². The highest BCUT2D eigenvalue weighted by Crippen LogP contribution is 2.33. The topological polar surface area (TPSA) is 70.7 Å². The number of amides is 1. The average molecular weight is 322 g/mol. The van der Waals surface area contributed by atoms with Crippen molar-refractivity contribution >= 4 is 17.7 Å². The number of hydrogen-bond acceptors (Lipinski definition) is 4. The number of aromatic amines is 1. The molecule has 1 amide bonds. The molecule has 118 valence electrons. The zero-order valence-electron chi connectivity index (χ0n) is 11.5. The van der Waals surface area contributed by atoms with Crippen molar-refractivity contribution in [2.75, 3.05) is 6.54 Å². The summed E-state index contributed by atoms with van der Waals surface area (Å²) >= 11 is 1.05. The van der Waals surface area contributed by atoms with E-state index in [2.05, 4.69) is 15.2 Å². The Morgan fingerprint density at radius 3 is 2.76 bits per heavy atom. The van der Waals surface area contributed by atoms with Crippen LogP contribution in [0.15, 0.2) is 5.16 Å². The highest BCUT2D eigenvalue weighted by molar-refractivity contribution is 8.00. The number of hydrogen-bond donors (Lipinski definition) is 2. The number of halogens is 3. The van der Waals surface area contributed by atoms with Gasteiger partial charge in [-0.25, -0.2) is 4.98 Å². The molecule has 2 rings (SSSR count). The van der Waals surface area contributed by atoms with E-state index in [9.17, 15) is 18.0 Å². The van der Waals surface area contributed by atoms with Crippen molar-refractivity contribution in [1.82, 2.24) is 20.5 Å². The lowest BCUT2D eigenvalue weighted by Crippen LogP contribution is -2.38. The Hall–Kier alpha value is -1.25. The molecule has 0 saturated heterocycles. The molecule has 0 spiro atoms. The zero-order chi connectivity index (χ0) is 15.5. The molecule has 1 atom stereocenters. The number of rotatable bonds is 5. The number of carbonyl (C=O) groups is 1. The maximum Gasteiger partial charge on any atom is 0.405 e. The molecule has 5 nitrogen and oxygen atoms in total. The molecule has 2 N–H and O–H groups in total. The maximum absolute atomic E-state index is 12.0. The Morgan fingerprint density at radius 1 is 1.48 bits per heavy atom. The molecule has 0 aromatic carbocycles. The first-order valence-corrected chi connectivity index (χ1v) is 7.66. The first-order chi connectivity index (χ1) is 9.85. The van der Waals surface area contributed by atoms with Crippen molar-refractivity contribution in [3.05, 3.63) is 5.82 Å². The molecule has 1 saturated carbocycles. The highest BCUT2D eigenvalue weighted by Gasteiger charge is 2.29. The van der Waals surface area contributed by atoms with Gasteiger partial charge in [0.15, 0.2) is 0 Å². The molecule has 1 aromatic heterocycles. The van der Waals surface area contributed by atoms with E-state index in [1.807, 2.05) is 5.32 Å². The molecule has 1 aliphatic carbocycles. The minimum absolute atomic E-state index is 0.376. The van der Waals surface area contributed by atoms with Crippen LogP contribution in [0.5, 0.6) is 0 Å². The Balaban J connectivity index is 1.84. The Morgan fingerprint density at radius 2 is 2.14 bits per heavy atom. The van der Waals surface area contributed by atoms with E-state index in [0.717, 1.165) is 30.4 Å². The van der Waals surface area contributed by atoms with Gasteiger partial charge in [0.05, 0.1) is 5.25 Å². The zero-order valence-corrected chi connectivity index (χ0v) is 12.4. The second kappa shape index (κ2) is 6.67. The van der Waals surface area contributed by atoms with Crippen LogP contribution in [0.2, 0.25) is 0 Å². The Labute approximate surface area is 124 Å². The van der Waals surface area contributed by atoms with Gasteiger partial charge in [0.1, 0.15) is 12.4 Å². The van der Waals surface area contributed by atoms with Crippen molar-refractivity contribution in [3.8, 4) is 0 Å². The molecular formula is C12H17F3N4OS. The molecule has 1 unspecified atom stereocenters. The van der Waals surface area contributed by atoms with Crippen LogP contribution in [-0.2, 0) is 4.79 Å². The van der Waals surface area contributed by atoms with Crippen LogP contribution < -0.4 is 5.32 Å². The van der Waals surface area contributed by atoms with Gasteiger partial charge in [-0.3, -0.25) is 9.89 Å². The number of nitrogens with zero attached hydrogens (tertiary/aromatic N) is 2. The monoisotopic (exact) mass is 322 g/mol. The minimum atomic E-state index is -4.40. The normalized spacial score (nSPS) is 17.9. The van der Waals surface area contributed by atoms with E-state index in [1.165, 1.54) is 19.8 Å². The predicted octanol–water partition coefficient (Wildman–Crippen LogP) is 2.62. The first-order valence-electron chi connectivity index (χ1n) is 6.78. The summed E-state index contributed by atoms with van der Waals surface area (Å²) in [7, 11) is 0. The predicted molar refractivity (Wildman–Crippen MR) is 72.0 cm³/mol. The summed E-state index contributed by atoms with van der Waals surface area (Å²) in [5.41, 5.74) is 0. The minimum Gasteiger partial charge on any atom is -0.346 e. The lowest BCUT2D eigenvalue weighted by atomic mass is 10.1. The van der Waals surface area contributed by atoms with Crippen molar-refractivity contribution in [1.29, 1.82) is 0 Å². The summed E-state index contributed by atoms with van der Waals surface area (Å²) in [5, 5.41) is 8.44. The molecule has 1 aromatic rings. The third-order valence-electron chi connectivity index (χ3n) is 3.34. The van der Waals surface area contributed by atoms with Gasteiger partial charge in [0.2, 0.25) is 11.1 Å². The molecule has 21 heavy (non-hydrogen) atoms. The number of carbonyl (C=O) groups excluding carboxylic acids is 1. The fourth-order valence-corrected chi connectivity index (χ4v) is 2.99. The van der Waals surface area contributed by atoms with E-state index in [-0.39, 0.29) is 0 Å². The van der Waals surface area contributed by atoms with E-state index in [4.69, 9.17) is 0 Å². The van der Waals surface area contributed by atoms with Crippen molar-refractivity contribution in [2.45, 2.75) is 55.1 Å². The van der Waals surface area contributed by atoms with Gasteiger partial charge in [-0.15, -0.1) is 5.10 Å². The number of nitrogens with one attached hydrogen (secondary N) is 2. The Kier molecular flexibility index (Phi) is 5.13. The number of alkyl halides is 3. The van der Waals surface area contributed by atoms with Gasteiger partial charge >= 0.3 is 6.18 Å². The van der Waals surface area contributed by atoms with Crippen LogP contribution in [0.25, 0.3) is 0 Å². The lowest BCUT2D eigenvalue weighted by Gasteiger charge is -2.11. The highest BCUT2D eigenvalue weighted by atomic mass is 32.2. The molecule has 0 aliphatic heterocycles. The van der Waals surface area contributed by atoms with Gasteiger partial charge in [-0.2, -0.15) is 13.2 Å². The third kappa shape index (κ3) is 4.90. The largest absolute Gasteiger partial charge is 0.405 e. The second-order valence-electron chi connectivity index (χ2n) is 5.08. The molecular weight excluding hydrogens is 305 g/mol. The van der Waals surface area contributed by atoms with Crippen LogP contribution in [0.1, 0.15) is 44.3 Å². The number of thioether (sulfide) groups is 1. The van der Waals surface area contributed by atoms with Crippen LogP contribution in [0.4, 0.5) is 13.2 Å². The van der Waals surface area contributed by atoms with Crippen LogP contribution >= 0.6 is 11.8 Å². The summed E-state index contributed by atoms with van der Waals surface area (Å²) in [6.07, 6.45) is 0.0797. The number of aromatic nitrogens is 3. The molecule has 9 heteroatoms. The number of H-pyrrole nitrogens is 1. The smallest absolute Gasteiger partial charge is 0.346 e. The van der Waals surface area contributed by atoms with Crippen molar-refractivity contribution in [3.63, 3.8) is 0 Å². The average Bonchev–Trinajstić information content (AvgIpc) is 3.04. The van der Waals surface area contributed by atoms with Crippen molar-refractivity contribution in [2.24, 2.45) is 0 Å². The fraction of sp³-hybridized carbons (Fsp3) is 0.750. The van der Waals surface area contributed by atoms with Gasteiger partial charge < -0.3 is 5.32 Å². The molecule has 0 radical (unpaired) electrons. The summed E-state index contributed by atoms with van der Waals surface area (Å²) in [6, 6.07) is 0. The van der Waals surface area contributed by atoms with Gasteiger partial charge in [0, 0.05) is 5.92 Å². The van der Waals surface area contributed by atoms with E-state index in [1.54, 1.807) is 0 Å². The van der Waals surface area contributed by atoms with Gasteiger partial charge in [0.25, 0.3) is 0 Å². The first kappa shape index (κ1) is 16.1. The maximum atomic E-state index is 12.0. The van der Waals surface area contributed by atoms with Crippen molar-refractivity contribution < 1.29 is 18.0 Å². The third-order valence-corrected chi connectivity index (χ3v) is 4.30. The molecule has 1 aliphatic rings. The van der Waals surface area contributed by atoms with E-state index >= 15 is 0 Å². The quantitative estimate of drug-likeness (QED) is 0.818. The standard InChI is InChI=1S/C12H17F3N4OS/c1-7(10(20)16-6-12(13,14)15)21-11-17-9(18-19-11)8-4-2-3-5-8/h7-8H,2-6H2,1H3,(H,16,20)(H,17,18,19). The Bertz CT molecular complexity index is 485. The molecule has 1 heterocycles. The van der Waals surface area contributed by atoms with E-state index < -0.39 is 23.9 Å². The molecule has 1 fully saturated rings. The van der Waals surface area contributed by atoms with Gasteiger partial charge in [-0.1, -0.05) is 24.6 Å². The summed E-state index contributed by atoms with van der Waals surface area (Å²) in [6.45, 7) is 0.208.